The summed E-state index contributed by atoms with van der Waals surface area (Å²) in [5.74, 6) is -3.67. The number of nitrogens with two attached hydrogens (primary N) is 1. The lowest BCUT2D eigenvalue weighted by atomic mass is 9.82. The van der Waals surface area contributed by atoms with Crippen LogP contribution in [0.2, 0.25) is 0 Å². The quantitative estimate of drug-likeness (QED) is 0.674. The first-order chi connectivity index (χ1) is 10.4. The van der Waals surface area contributed by atoms with Gasteiger partial charge in [-0.15, -0.1) is 0 Å². The summed E-state index contributed by atoms with van der Waals surface area (Å²) in [6.45, 7) is 0. The van der Waals surface area contributed by atoms with Gasteiger partial charge in [0.15, 0.2) is 0 Å². The zero-order valence-corrected chi connectivity index (χ0v) is 11.9. The number of allylic oxidation sites excluding steroid dienone is 2. The highest BCUT2D eigenvalue weighted by Gasteiger charge is 2.51. The van der Waals surface area contributed by atoms with Crippen molar-refractivity contribution in [1.82, 2.24) is 9.78 Å². The van der Waals surface area contributed by atoms with Crippen LogP contribution in [-0.4, -0.2) is 32.7 Å². The van der Waals surface area contributed by atoms with E-state index in [-0.39, 0.29) is 23.2 Å². The molecule has 4 N–H and O–H groups in total. The van der Waals surface area contributed by atoms with Gasteiger partial charge in [0.25, 0.3) is 5.91 Å². The number of aliphatic carboxylic acids is 1. The fraction of sp³-hybridized carbons (Fsp3) is 0.429. The molecule has 0 radical (unpaired) electrons. The minimum atomic E-state index is -0.974. The van der Waals surface area contributed by atoms with Crippen LogP contribution in [0.4, 0.5) is 5.69 Å². The number of rotatable bonds is 4. The van der Waals surface area contributed by atoms with Crippen molar-refractivity contribution < 1.29 is 19.5 Å². The van der Waals surface area contributed by atoms with Gasteiger partial charge in [0.1, 0.15) is 5.69 Å². The number of carbonyl (C=O) groups is 3. The van der Waals surface area contributed by atoms with E-state index in [1.807, 2.05) is 12.2 Å². The molecule has 0 spiro atoms. The molecule has 2 aliphatic carbocycles. The van der Waals surface area contributed by atoms with E-state index >= 15 is 0 Å². The molecule has 2 bridgehead atoms. The fourth-order valence-corrected chi connectivity index (χ4v) is 3.55. The summed E-state index contributed by atoms with van der Waals surface area (Å²) in [5.41, 5.74) is 5.56. The predicted octanol–water partition coefficient (Wildman–Crippen LogP) is -0.0196. The summed E-state index contributed by atoms with van der Waals surface area (Å²) >= 11 is 0. The van der Waals surface area contributed by atoms with Crippen molar-refractivity contribution in [2.24, 2.45) is 36.5 Å². The van der Waals surface area contributed by atoms with Crippen LogP contribution in [-0.2, 0) is 16.6 Å². The summed E-state index contributed by atoms with van der Waals surface area (Å²) in [4.78, 5) is 35.4. The van der Waals surface area contributed by atoms with Crippen LogP contribution in [0.5, 0.6) is 0 Å². The van der Waals surface area contributed by atoms with E-state index in [0.29, 0.717) is 6.42 Å². The van der Waals surface area contributed by atoms with E-state index in [1.54, 1.807) is 0 Å². The summed E-state index contributed by atoms with van der Waals surface area (Å²) in [7, 11) is 1.54. The molecule has 1 fully saturated rings. The molecular formula is C14H16N4O4. The molecule has 22 heavy (non-hydrogen) atoms. The van der Waals surface area contributed by atoms with Gasteiger partial charge in [-0.1, -0.05) is 12.2 Å². The first-order valence-corrected chi connectivity index (χ1v) is 6.94. The van der Waals surface area contributed by atoms with Gasteiger partial charge >= 0.3 is 5.97 Å². The number of carboxylic acids is 1. The number of aryl methyl sites for hydroxylation is 1. The molecule has 3 rings (SSSR count). The molecule has 1 aromatic rings. The Morgan fingerprint density at radius 2 is 1.95 bits per heavy atom. The Kier molecular flexibility index (Phi) is 3.23. The highest BCUT2D eigenvalue weighted by Crippen LogP contribution is 2.48. The number of nitrogens with zero attached hydrogens (tertiary/aromatic N) is 2. The number of aromatic nitrogens is 2. The Morgan fingerprint density at radius 3 is 2.55 bits per heavy atom. The second-order valence-electron chi connectivity index (χ2n) is 5.72. The average molecular weight is 304 g/mol. The minimum Gasteiger partial charge on any atom is -0.481 e. The smallest absolute Gasteiger partial charge is 0.307 e. The van der Waals surface area contributed by atoms with Crippen molar-refractivity contribution >= 4 is 23.5 Å². The molecule has 0 aliphatic heterocycles. The zero-order chi connectivity index (χ0) is 16.0. The Bertz CT molecular complexity index is 693. The molecule has 1 heterocycles. The first kappa shape index (κ1) is 14.3. The molecule has 1 aromatic heterocycles. The topological polar surface area (TPSA) is 127 Å². The Morgan fingerprint density at radius 1 is 1.32 bits per heavy atom. The number of primary amides is 1. The molecule has 4 atom stereocenters. The number of amides is 2. The van der Waals surface area contributed by atoms with Crippen LogP contribution >= 0.6 is 0 Å². The van der Waals surface area contributed by atoms with Crippen LogP contribution in [0.1, 0.15) is 16.9 Å². The monoisotopic (exact) mass is 304 g/mol. The first-order valence-electron chi connectivity index (χ1n) is 6.94. The number of nitrogens with one attached hydrogen (secondary N) is 1. The summed E-state index contributed by atoms with van der Waals surface area (Å²) in [6.07, 6.45) is 5.76. The van der Waals surface area contributed by atoms with Gasteiger partial charge in [-0.05, 0) is 18.3 Å². The molecule has 116 valence electrons. The van der Waals surface area contributed by atoms with Gasteiger partial charge in [0, 0.05) is 7.05 Å². The number of hydrogen-bond acceptors (Lipinski definition) is 4. The molecule has 0 aromatic carbocycles. The zero-order valence-electron chi connectivity index (χ0n) is 11.9. The maximum Gasteiger partial charge on any atom is 0.307 e. The third-order valence-corrected chi connectivity index (χ3v) is 4.48. The highest BCUT2D eigenvalue weighted by atomic mass is 16.4. The maximum absolute atomic E-state index is 12.5. The lowest BCUT2D eigenvalue weighted by Crippen LogP contribution is -2.36. The Balaban J connectivity index is 1.85. The van der Waals surface area contributed by atoms with Crippen LogP contribution in [0.25, 0.3) is 0 Å². The molecule has 2 amide bonds. The highest BCUT2D eigenvalue weighted by molar-refractivity contribution is 6.03. The van der Waals surface area contributed by atoms with E-state index in [2.05, 4.69) is 10.4 Å². The van der Waals surface area contributed by atoms with Crippen LogP contribution in [0.15, 0.2) is 18.3 Å². The molecule has 2 aliphatic rings. The lowest BCUT2D eigenvalue weighted by Gasteiger charge is -2.23. The summed E-state index contributed by atoms with van der Waals surface area (Å²) in [6, 6.07) is 0. The van der Waals surface area contributed by atoms with Gasteiger partial charge in [-0.3, -0.25) is 19.1 Å². The normalized spacial score (nSPS) is 28.8. The van der Waals surface area contributed by atoms with Crippen LogP contribution < -0.4 is 11.1 Å². The molecule has 0 unspecified atom stereocenters. The van der Waals surface area contributed by atoms with E-state index in [0.717, 1.165) is 0 Å². The largest absolute Gasteiger partial charge is 0.481 e. The number of hydrogen-bond donors (Lipinski definition) is 3. The standard InChI is InChI=1S/C14H16N4O4/c1-18-11(12(15)19)8(5-16-18)17-13(20)9-6-2-3-7(4-6)10(9)14(21)22/h2-3,5-7,9-10H,4H2,1H3,(H2,15,19)(H,17,20)(H,21,22)/t6-,7-,9-,10+/m0/s1. The maximum atomic E-state index is 12.5. The van der Waals surface area contributed by atoms with Gasteiger partial charge in [0.05, 0.1) is 23.7 Å². The molecule has 1 saturated carbocycles. The molecular weight excluding hydrogens is 288 g/mol. The SMILES string of the molecule is Cn1ncc(NC(=O)[C@@H]2[C@H](C(=O)O)[C@H]3C=C[C@H]2C3)c1C(N)=O. The molecule has 8 heteroatoms. The van der Waals surface area contributed by atoms with Gasteiger partial charge in [0.2, 0.25) is 5.91 Å². The third kappa shape index (κ3) is 2.07. The van der Waals surface area contributed by atoms with Crippen molar-refractivity contribution in [2.45, 2.75) is 6.42 Å². The predicted molar refractivity (Wildman–Crippen MR) is 75.7 cm³/mol. The average Bonchev–Trinajstić information content (AvgIpc) is 3.12. The van der Waals surface area contributed by atoms with E-state index < -0.39 is 29.6 Å². The molecule has 0 saturated heterocycles. The van der Waals surface area contributed by atoms with E-state index in [9.17, 15) is 19.5 Å². The number of carbonyl (C=O) groups excluding carboxylic acids is 2. The molecule has 8 nitrogen and oxygen atoms in total. The second kappa shape index (κ2) is 4.97. The number of anilines is 1. The van der Waals surface area contributed by atoms with Crippen molar-refractivity contribution in [3.05, 3.63) is 24.0 Å². The number of fused-ring (bicyclic) bond motifs is 2. The van der Waals surface area contributed by atoms with Crippen molar-refractivity contribution in [2.75, 3.05) is 5.32 Å². The van der Waals surface area contributed by atoms with Crippen LogP contribution in [0.3, 0.4) is 0 Å². The Labute approximate surface area is 126 Å². The number of carboxylic acid groups (broad SMARTS) is 1. The summed E-state index contributed by atoms with van der Waals surface area (Å²) in [5, 5.41) is 15.9. The van der Waals surface area contributed by atoms with E-state index in [1.165, 1.54) is 17.9 Å². The Hall–Kier alpha value is -2.64. The van der Waals surface area contributed by atoms with Crippen molar-refractivity contribution in [3.8, 4) is 0 Å². The van der Waals surface area contributed by atoms with Gasteiger partial charge in [-0.2, -0.15) is 5.10 Å². The third-order valence-electron chi connectivity index (χ3n) is 4.48. The van der Waals surface area contributed by atoms with E-state index in [4.69, 9.17) is 5.73 Å². The minimum absolute atomic E-state index is 0.0823. The van der Waals surface area contributed by atoms with Gasteiger partial charge < -0.3 is 16.2 Å². The lowest BCUT2D eigenvalue weighted by molar-refractivity contribution is -0.146. The second-order valence-corrected chi connectivity index (χ2v) is 5.72. The summed E-state index contributed by atoms with van der Waals surface area (Å²) < 4.78 is 1.27. The van der Waals surface area contributed by atoms with Crippen molar-refractivity contribution in [3.63, 3.8) is 0 Å². The van der Waals surface area contributed by atoms with Crippen molar-refractivity contribution in [1.29, 1.82) is 0 Å². The van der Waals surface area contributed by atoms with Crippen LogP contribution in [0, 0.1) is 23.7 Å². The fourth-order valence-electron chi connectivity index (χ4n) is 3.55. The van der Waals surface area contributed by atoms with Gasteiger partial charge in [-0.25, -0.2) is 0 Å².